The predicted octanol–water partition coefficient (Wildman–Crippen LogP) is 0.481. The van der Waals surface area contributed by atoms with E-state index in [1.807, 2.05) is 6.21 Å². The minimum Gasteiger partial charge on any atom is -0.396 e. The molecule has 0 amide bonds. The predicted molar refractivity (Wildman–Crippen MR) is 103 cm³/mol. The van der Waals surface area contributed by atoms with Crippen LogP contribution in [-0.4, -0.2) is 54.9 Å². The van der Waals surface area contributed by atoms with Crippen LogP contribution in [0.4, 0.5) is 11.8 Å². The van der Waals surface area contributed by atoms with Gasteiger partial charge in [-0.2, -0.15) is 4.98 Å². The number of nitrogens with zero attached hydrogens (tertiary/aromatic N) is 4. The van der Waals surface area contributed by atoms with Gasteiger partial charge in [-0.15, -0.1) is 11.3 Å². The van der Waals surface area contributed by atoms with Crippen molar-refractivity contribution in [1.29, 1.82) is 0 Å². The highest BCUT2D eigenvalue weighted by Crippen LogP contribution is 2.40. The maximum Gasteiger partial charge on any atom is 0.222 e. The van der Waals surface area contributed by atoms with Gasteiger partial charge in [0.1, 0.15) is 16.9 Å². The van der Waals surface area contributed by atoms with Crippen LogP contribution in [-0.2, 0) is 13.0 Å². The quantitative estimate of drug-likeness (QED) is 0.473. The summed E-state index contributed by atoms with van der Waals surface area (Å²) >= 11 is 1.54. The van der Waals surface area contributed by atoms with E-state index in [-0.39, 0.29) is 19.0 Å². The van der Waals surface area contributed by atoms with Gasteiger partial charge in [0.15, 0.2) is 5.72 Å². The van der Waals surface area contributed by atoms with E-state index in [9.17, 15) is 15.3 Å². The molecule has 9 nitrogen and oxygen atoms in total. The van der Waals surface area contributed by atoms with Gasteiger partial charge < -0.3 is 26.4 Å². The van der Waals surface area contributed by atoms with Gasteiger partial charge in [0.05, 0.1) is 23.5 Å². The second-order valence-corrected chi connectivity index (χ2v) is 8.07. The smallest absolute Gasteiger partial charge is 0.222 e. The number of aliphatic hydroxyl groups excluding tert-OH is 2. The second kappa shape index (κ2) is 6.79. The Hall–Kier alpha value is -2.14. The molecule has 3 heterocycles. The number of aliphatic hydroxyl groups is 3. The number of thiazole rings is 1. The molecular formula is C17H22N6O3S. The van der Waals surface area contributed by atoms with Crippen molar-refractivity contribution in [2.24, 2.45) is 10.9 Å². The van der Waals surface area contributed by atoms with Crippen LogP contribution in [0.3, 0.4) is 0 Å². The molecule has 1 aliphatic heterocycles. The van der Waals surface area contributed by atoms with Crippen molar-refractivity contribution in [3.8, 4) is 10.6 Å². The first-order valence-electron chi connectivity index (χ1n) is 8.82. The second-order valence-electron chi connectivity index (χ2n) is 6.98. The molecule has 0 bridgehead atoms. The third-order valence-corrected chi connectivity index (χ3v) is 6.29. The number of aromatic nitrogens is 3. The van der Waals surface area contributed by atoms with Crippen molar-refractivity contribution < 1.29 is 15.3 Å². The zero-order valence-electron chi connectivity index (χ0n) is 14.9. The minimum atomic E-state index is -1.60. The maximum absolute atomic E-state index is 10.9. The highest BCUT2D eigenvalue weighted by molar-refractivity contribution is 7.15. The Balaban J connectivity index is 1.74. The molecule has 6 N–H and O–H groups in total. The average molecular weight is 390 g/mol. The lowest BCUT2D eigenvalue weighted by atomic mass is 10.0. The molecule has 1 fully saturated rings. The average Bonchev–Trinajstić information content (AvgIpc) is 3.16. The third-order valence-electron chi connectivity index (χ3n) is 5.15. The summed E-state index contributed by atoms with van der Waals surface area (Å²) in [6.45, 7) is 2.16. The summed E-state index contributed by atoms with van der Waals surface area (Å²) in [6.07, 6.45) is 2.28. The molecule has 0 spiro atoms. The summed E-state index contributed by atoms with van der Waals surface area (Å²) in [5, 5.41) is 34.4. The van der Waals surface area contributed by atoms with Crippen LogP contribution in [0.15, 0.2) is 4.99 Å². The highest BCUT2D eigenvalue weighted by atomic mass is 32.1. The van der Waals surface area contributed by atoms with Crippen LogP contribution in [0.2, 0.25) is 0 Å². The molecule has 1 saturated carbocycles. The summed E-state index contributed by atoms with van der Waals surface area (Å²) in [6, 6.07) is 0. The molecular weight excluding hydrogens is 368 g/mol. The third kappa shape index (κ3) is 3.18. The molecule has 2 aliphatic rings. The Kier molecular flexibility index (Phi) is 4.58. The zero-order chi connectivity index (χ0) is 19.2. The molecule has 0 radical (unpaired) electrons. The van der Waals surface area contributed by atoms with Crippen molar-refractivity contribution in [3.05, 3.63) is 16.3 Å². The minimum absolute atomic E-state index is 0.0678. The monoisotopic (exact) mass is 390 g/mol. The van der Waals surface area contributed by atoms with E-state index >= 15 is 0 Å². The van der Waals surface area contributed by atoms with E-state index in [4.69, 9.17) is 5.73 Å². The Morgan fingerprint density at radius 3 is 2.89 bits per heavy atom. The molecule has 3 atom stereocenters. The maximum atomic E-state index is 10.9. The zero-order valence-corrected chi connectivity index (χ0v) is 15.7. The van der Waals surface area contributed by atoms with Gasteiger partial charge in [0, 0.05) is 30.0 Å². The van der Waals surface area contributed by atoms with Crippen molar-refractivity contribution in [1.82, 2.24) is 15.0 Å². The van der Waals surface area contributed by atoms with Gasteiger partial charge in [-0.1, -0.05) is 0 Å². The molecule has 144 valence electrons. The van der Waals surface area contributed by atoms with Gasteiger partial charge in [0.2, 0.25) is 5.95 Å². The van der Waals surface area contributed by atoms with Crippen LogP contribution in [0.1, 0.15) is 29.1 Å². The molecule has 2 aromatic heterocycles. The number of hydrogen-bond acceptors (Lipinski definition) is 10. The summed E-state index contributed by atoms with van der Waals surface area (Å²) in [4.78, 5) is 18.6. The van der Waals surface area contributed by atoms with Gasteiger partial charge in [0.25, 0.3) is 0 Å². The Bertz CT molecular complexity index is 876. The fourth-order valence-electron chi connectivity index (χ4n) is 3.65. The largest absolute Gasteiger partial charge is 0.396 e. The van der Waals surface area contributed by atoms with Crippen LogP contribution < -0.4 is 11.1 Å². The first kappa shape index (κ1) is 18.2. The van der Waals surface area contributed by atoms with Crippen molar-refractivity contribution in [3.63, 3.8) is 0 Å². The van der Waals surface area contributed by atoms with Gasteiger partial charge in [-0.05, 0) is 19.8 Å². The van der Waals surface area contributed by atoms with E-state index in [1.54, 1.807) is 6.92 Å². The van der Waals surface area contributed by atoms with Crippen molar-refractivity contribution in [2.45, 2.75) is 44.6 Å². The van der Waals surface area contributed by atoms with E-state index in [1.165, 1.54) is 11.3 Å². The first-order chi connectivity index (χ1) is 12.9. The molecule has 3 unspecified atom stereocenters. The van der Waals surface area contributed by atoms with Gasteiger partial charge in [-0.25, -0.2) is 9.97 Å². The topological polar surface area (TPSA) is 150 Å². The number of aliphatic imine (C=N–C) groups is 1. The Labute approximate surface area is 160 Å². The van der Waals surface area contributed by atoms with Crippen LogP contribution >= 0.6 is 11.3 Å². The van der Waals surface area contributed by atoms with Crippen LogP contribution in [0, 0.1) is 12.8 Å². The fourth-order valence-corrected chi connectivity index (χ4v) is 4.77. The van der Waals surface area contributed by atoms with Crippen molar-refractivity contribution in [2.75, 3.05) is 17.7 Å². The SMILES string of the molecule is Cc1nc(N)nc(NC2(O)CCC(CO)C2O)c1-c1nc2c(s1)CC=NC2. The highest BCUT2D eigenvalue weighted by Gasteiger charge is 2.47. The van der Waals surface area contributed by atoms with Gasteiger partial charge in [-0.3, -0.25) is 4.99 Å². The number of fused-ring (bicyclic) bond motifs is 1. The van der Waals surface area contributed by atoms with E-state index in [2.05, 4.69) is 25.3 Å². The van der Waals surface area contributed by atoms with E-state index in [0.29, 0.717) is 30.0 Å². The Morgan fingerprint density at radius 2 is 2.19 bits per heavy atom. The first-order valence-corrected chi connectivity index (χ1v) is 9.63. The molecule has 2 aromatic rings. The van der Waals surface area contributed by atoms with E-state index in [0.717, 1.165) is 22.0 Å². The summed E-state index contributed by atoms with van der Waals surface area (Å²) in [5.41, 5.74) is 6.44. The molecule has 10 heteroatoms. The van der Waals surface area contributed by atoms with E-state index < -0.39 is 17.7 Å². The van der Waals surface area contributed by atoms with Crippen LogP contribution in [0.5, 0.6) is 0 Å². The lowest BCUT2D eigenvalue weighted by molar-refractivity contribution is -0.0545. The lowest BCUT2D eigenvalue weighted by Crippen LogP contribution is -2.48. The standard InChI is InChI=1S/C17H22N6O3S/c1-8-12(15-21-10-6-19-5-3-11(10)27-15)14(22-16(18)20-8)23-17(26)4-2-9(7-24)13(17)25/h5,9,13,24-26H,2-4,6-7H2,1H3,(H3,18,20,22,23). The molecule has 0 saturated heterocycles. The number of nitrogens with two attached hydrogens (primary N) is 1. The van der Waals surface area contributed by atoms with Crippen LogP contribution in [0.25, 0.3) is 10.6 Å². The molecule has 0 aromatic carbocycles. The van der Waals surface area contributed by atoms with Gasteiger partial charge >= 0.3 is 0 Å². The summed E-state index contributed by atoms with van der Waals surface area (Å²) in [7, 11) is 0. The Morgan fingerprint density at radius 1 is 1.37 bits per heavy atom. The molecule has 1 aliphatic carbocycles. The fraction of sp³-hybridized carbons (Fsp3) is 0.529. The number of anilines is 2. The number of nitrogens with one attached hydrogen (secondary N) is 1. The summed E-state index contributed by atoms with van der Waals surface area (Å²) in [5.74, 6) is 0.000842. The van der Waals surface area contributed by atoms with Crippen molar-refractivity contribution >= 4 is 29.3 Å². The number of aryl methyl sites for hydroxylation is 1. The number of rotatable bonds is 4. The summed E-state index contributed by atoms with van der Waals surface area (Å²) < 4.78 is 0. The lowest BCUT2D eigenvalue weighted by Gasteiger charge is -2.30. The number of nitrogen functional groups attached to an aromatic ring is 1. The normalized spacial score (nSPS) is 27.0. The molecule has 4 rings (SSSR count). The molecule has 27 heavy (non-hydrogen) atoms. The number of hydrogen-bond donors (Lipinski definition) is 5.